The summed E-state index contributed by atoms with van der Waals surface area (Å²) in [7, 11) is 1.13. The highest BCUT2D eigenvalue weighted by molar-refractivity contribution is 5.89. The number of aromatic amines is 1. The first-order valence-corrected chi connectivity index (χ1v) is 3.11. The van der Waals surface area contributed by atoms with Crippen LogP contribution in [-0.4, -0.2) is 18.1 Å². The van der Waals surface area contributed by atoms with Crippen LogP contribution in [0.25, 0.3) is 0 Å². The fourth-order valence-corrected chi connectivity index (χ4v) is 0.713. The molecule has 0 unspecified atom stereocenters. The molecule has 1 aromatic heterocycles. The number of aromatic nitrogens is 1. The molecule has 5 heteroatoms. The lowest BCUT2D eigenvalue weighted by molar-refractivity contribution is 0.0595. The predicted molar refractivity (Wildman–Crippen MR) is 38.4 cm³/mol. The van der Waals surface area contributed by atoms with Crippen LogP contribution < -0.4 is 5.56 Å². The van der Waals surface area contributed by atoms with Crippen LogP contribution in [-0.2, 0) is 4.74 Å². The Morgan fingerprint density at radius 2 is 2.33 bits per heavy atom. The first kappa shape index (κ1) is 8.45. The Labute approximate surface area is 67.0 Å². The molecular formula is C7H6FNO3. The highest BCUT2D eigenvalue weighted by Gasteiger charge is 2.11. The van der Waals surface area contributed by atoms with Gasteiger partial charge in [-0.15, -0.1) is 0 Å². The van der Waals surface area contributed by atoms with Gasteiger partial charge in [0.25, 0.3) is 5.56 Å². The number of methoxy groups -OCH3 is 1. The number of carbonyl (C=O) groups is 1. The first-order chi connectivity index (χ1) is 5.65. The number of hydrogen-bond donors (Lipinski definition) is 1. The van der Waals surface area contributed by atoms with Crippen LogP contribution in [0.5, 0.6) is 0 Å². The van der Waals surface area contributed by atoms with Crippen molar-refractivity contribution < 1.29 is 13.9 Å². The molecule has 1 N–H and O–H groups in total. The van der Waals surface area contributed by atoms with Gasteiger partial charge in [-0.3, -0.25) is 4.79 Å². The van der Waals surface area contributed by atoms with Crippen LogP contribution in [0.15, 0.2) is 17.1 Å². The lowest BCUT2D eigenvalue weighted by atomic mass is 10.3. The fraction of sp³-hybridized carbons (Fsp3) is 0.143. The third kappa shape index (κ3) is 1.50. The van der Waals surface area contributed by atoms with Crippen LogP contribution in [0.4, 0.5) is 4.39 Å². The number of nitrogens with one attached hydrogen (secondary N) is 1. The summed E-state index contributed by atoms with van der Waals surface area (Å²) in [5.41, 5.74) is -0.878. The molecule has 0 fully saturated rings. The maximum absolute atomic E-state index is 12.8. The summed E-state index contributed by atoms with van der Waals surface area (Å²) < 4.78 is 17.0. The van der Waals surface area contributed by atoms with E-state index in [0.717, 1.165) is 13.3 Å². The van der Waals surface area contributed by atoms with Crippen molar-refractivity contribution in [2.75, 3.05) is 7.11 Å². The van der Waals surface area contributed by atoms with Gasteiger partial charge in [0, 0.05) is 12.3 Å². The number of halogens is 1. The van der Waals surface area contributed by atoms with E-state index >= 15 is 0 Å². The molecule has 0 aliphatic carbocycles. The Hall–Kier alpha value is -1.65. The minimum absolute atomic E-state index is 0.280. The SMILES string of the molecule is COC(=O)c1c[nH]c(=O)cc1F. The van der Waals surface area contributed by atoms with Gasteiger partial charge in [-0.1, -0.05) is 0 Å². The van der Waals surface area contributed by atoms with Crippen molar-refractivity contribution in [1.82, 2.24) is 4.98 Å². The van der Waals surface area contributed by atoms with Crippen LogP contribution in [0.1, 0.15) is 10.4 Å². The van der Waals surface area contributed by atoms with Crippen LogP contribution in [0, 0.1) is 5.82 Å². The topological polar surface area (TPSA) is 59.2 Å². The van der Waals surface area contributed by atoms with Crippen molar-refractivity contribution >= 4 is 5.97 Å². The number of ether oxygens (including phenoxy) is 1. The Balaban J connectivity index is 3.18. The van der Waals surface area contributed by atoms with Crippen LogP contribution in [0.3, 0.4) is 0 Å². The molecule has 1 rings (SSSR count). The van der Waals surface area contributed by atoms with Gasteiger partial charge in [0.2, 0.25) is 0 Å². The summed E-state index contributed by atoms with van der Waals surface area (Å²) in [5.74, 6) is -1.70. The molecule has 0 aliphatic heterocycles. The lowest BCUT2D eigenvalue weighted by Gasteiger charge is -1.98. The number of hydrogen-bond acceptors (Lipinski definition) is 3. The van der Waals surface area contributed by atoms with E-state index in [9.17, 15) is 14.0 Å². The van der Waals surface area contributed by atoms with Gasteiger partial charge in [0.1, 0.15) is 11.4 Å². The number of esters is 1. The maximum Gasteiger partial charge on any atom is 0.342 e. The Bertz CT molecular complexity index is 358. The number of rotatable bonds is 1. The zero-order valence-corrected chi connectivity index (χ0v) is 6.26. The molecule has 4 nitrogen and oxygen atoms in total. The number of carbonyl (C=O) groups excluding carboxylic acids is 1. The molecule has 0 spiro atoms. The highest BCUT2D eigenvalue weighted by Crippen LogP contribution is 2.02. The van der Waals surface area contributed by atoms with E-state index in [-0.39, 0.29) is 5.56 Å². The van der Waals surface area contributed by atoms with Gasteiger partial charge >= 0.3 is 5.97 Å². The molecule has 0 radical (unpaired) electrons. The Morgan fingerprint density at radius 1 is 1.67 bits per heavy atom. The van der Waals surface area contributed by atoms with Gasteiger partial charge < -0.3 is 9.72 Å². The average molecular weight is 171 g/mol. The van der Waals surface area contributed by atoms with E-state index in [1.807, 2.05) is 0 Å². The van der Waals surface area contributed by atoms with Gasteiger partial charge in [-0.2, -0.15) is 0 Å². The normalized spacial score (nSPS) is 9.50. The first-order valence-electron chi connectivity index (χ1n) is 3.11. The monoisotopic (exact) mass is 171 g/mol. The van der Waals surface area contributed by atoms with Gasteiger partial charge in [-0.05, 0) is 0 Å². The van der Waals surface area contributed by atoms with Gasteiger partial charge in [0.05, 0.1) is 7.11 Å². The predicted octanol–water partition coefficient (Wildman–Crippen LogP) is 0.301. The summed E-state index contributed by atoms with van der Waals surface area (Å²) in [6.45, 7) is 0. The van der Waals surface area contributed by atoms with E-state index in [4.69, 9.17) is 0 Å². The van der Waals surface area contributed by atoms with Gasteiger partial charge in [0.15, 0.2) is 0 Å². The molecule has 1 aromatic rings. The molecule has 1 heterocycles. The van der Waals surface area contributed by atoms with Crippen molar-refractivity contribution in [1.29, 1.82) is 0 Å². The minimum Gasteiger partial charge on any atom is -0.465 e. The van der Waals surface area contributed by atoms with E-state index in [0.29, 0.717) is 6.07 Å². The zero-order valence-electron chi connectivity index (χ0n) is 6.26. The average Bonchev–Trinajstić information content (AvgIpc) is 2.03. The second-order valence-electron chi connectivity index (χ2n) is 2.05. The van der Waals surface area contributed by atoms with E-state index in [2.05, 4.69) is 9.72 Å². The molecule has 0 aliphatic rings. The van der Waals surface area contributed by atoms with Crippen LogP contribution in [0.2, 0.25) is 0 Å². The quantitative estimate of drug-likeness (QED) is 0.618. The number of H-pyrrole nitrogens is 1. The Morgan fingerprint density at radius 3 is 2.83 bits per heavy atom. The molecular weight excluding hydrogens is 165 g/mol. The van der Waals surface area contributed by atoms with E-state index in [1.165, 1.54) is 0 Å². The Kier molecular flexibility index (Phi) is 2.23. The van der Waals surface area contributed by atoms with E-state index in [1.54, 1.807) is 0 Å². The fourth-order valence-electron chi connectivity index (χ4n) is 0.713. The second-order valence-corrected chi connectivity index (χ2v) is 2.05. The van der Waals surface area contributed by atoms with E-state index < -0.39 is 17.3 Å². The summed E-state index contributed by atoms with van der Waals surface area (Å²) in [6.07, 6.45) is 0.976. The molecule has 0 saturated heterocycles. The second kappa shape index (κ2) is 3.17. The molecule has 64 valence electrons. The summed E-state index contributed by atoms with van der Waals surface area (Å²) in [5, 5.41) is 0. The summed E-state index contributed by atoms with van der Waals surface area (Å²) >= 11 is 0. The van der Waals surface area contributed by atoms with Crippen molar-refractivity contribution in [3.05, 3.63) is 34.0 Å². The van der Waals surface area contributed by atoms with Crippen molar-refractivity contribution in [2.45, 2.75) is 0 Å². The van der Waals surface area contributed by atoms with Crippen molar-refractivity contribution in [2.24, 2.45) is 0 Å². The summed E-state index contributed by atoms with van der Waals surface area (Å²) in [4.78, 5) is 23.4. The zero-order chi connectivity index (χ0) is 9.14. The minimum atomic E-state index is -0.884. The van der Waals surface area contributed by atoms with Crippen LogP contribution >= 0.6 is 0 Å². The molecule has 0 saturated carbocycles. The standard InChI is InChI=1S/C7H6FNO3/c1-12-7(11)4-3-9-6(10)2-5(4)8/h2-3H,1H3,(H,9,10). The summed E-state index contributed by atoms with van der Waals surface area (Å²) in [6, 6.07) is 0.687. The number of pyridine rings is 1. The third-order valence-electron chi connectivity index (χ3n) is 1.28. The molecule has 0 atom stereocenters. The maximum atomic E-state index is 12.8. The lowest BCUT2D eigenvalue weighted by Crippen LogP contribution is -2.11. The van der Waals surface area contributed by atoms with Crippen molar-refractivity contribution in [3.8, 4) is 0 Å². The van der Waals surface area contributed by atoms with Crippen molar-refractivity contribution in [3.63, 3.8) is 0 Å². The molecule has 0 amide bonds. The smallest absolute Gasteiger partial charge is 0.342 e. The molecule has 0 bridgehead atoms. The molecule has 0 aromatic carbocycles. The molecule has 12 heavy (non-hydrogen) atoms. The largest absolute Gasteiger partial charge is 0.465 e. The third-order valence-corrected chi connectivity index (χ3v) is 1.28. The van der Waals surface area contributed by atoms with Gasteiger partial charge in [-0.25, -0.2) is 9.18 Å². The highest BCUT2D eigenvalue weighted by atomic mass is 19.1.